The summed E-state index contributed by atoms with van der Waals surface area (Å²) >= 11 is 0. The van der Waals surface area contributed by atoms with Crippen LogP contribution in [0.25, 0.3) is 16.8 Å². The number of fused-ring (bicyclic) bond motifs is 1. The minimum Gasteiger partial charge on any atom is -0.493 e. The second-order valence-electron chi connectivity index (χ2n) is 6.69. The van der Waals surface area contributed by atoms with Crippen molar-refractivity contribution < 1.29 is 9.47 Å². The van der Waals surface area contributed by atoms with Gasteiger partial charge in [0.25, 0.3) is 0 Å². The van der Waals surface area contributed by atoms with E-state index in [2.05, 4.69) is 10.4 Å². The molecule has 0 bridgehead atoms. The van der Waals surface area contributed by atoms with Gasteiger partial charge in [0, 0.05) is 17.8 Å². The van der Waals surface area contributed by atoms with Crippen LogP contribution in [0.15, 0.2) is 36.7 Å². The quantitative estimate of drug-likeness (QED) is 0.747. The Morgan fingerprint density at radius 2 is 1.85 bits per heavy atom. The Labute approximate surface area is 153 Å². The van der Waals surface area contributed by atoms with Crippen LogP contribution in [0.1, 0.15) is 32.1 Å². The number of anilines is 1. The second-order valence-corrected chi connectivity index (χ2v) is 6.69. The molecule has 1 aromatic carbocycles. The van der Waals surface area contributed by atoms with Crippen molar-refractivity contribution in [3.8, 4) is 22.6 Å². The van der Waals surface area contributed by atoms with E-state index in [0.29, 0.717) is 17.5 Å². The molecule has 0 saturated heterocycles. The maximum absolute atomic E-state index is 5.43. The van der Waals surface area contributed by atoms with E-state index >= 15 is 0 Å². The van der Waals surface area contributed by atoms with Crippen molar-refractivity contribution in [1.29, 1.82) is 0 Å². The maximum Gasteiger partial charge on any atom is 0.165 e. The van der Waals surface area contributed by atoms with E-state index in [9.17, 15) is 0 Å². The fourth-order valence-corrected chi connectivity index (χ4v) is 3.61. The van der Waals surface area contributed by atoms with Gasteiger partial charge < -0.3 is 14.8 Å². The van der Waals surface area contributed by atoms with Gasteiger partial charge in [-0.15, -0.1) is 0 Å². The molecule has 6 nitrogen and oxygen atoms in total. The van der Waals surface area contributed by atoms with Gasteiger partial charge in [-0.3, -0.25) is 0 Å². The van der Waals surface area contributed by atoms with Crippen molar-refractivity contribution in [2.45, 2.75) is 38.1 Å². The van der Waals surface area contributed by atoms with Crippen LogP contribution in [0.5, 0.6) is 11.5 Å². The zero-order valence-electron chi connectivity index (χ0n) is 15.2. The molecule has 2 aromatic heterocycles. The number of benzene rings is 1. The van der Waals surface area contributed by atoms with Gasteiger partial charge in [-0.05, 0) is 36.6 Å². The zero-order chi connectivity index (χ0) is 17.9. The molecule has 6 heteroatoms. The summed E-state index contributed by atoms with van der Waals surface area (Å²) in [7, 11) is 3.28. The van der Waals surface area contributed by atoms with Gasteiger partial charge in [-0.25, -0.2) is 9.50 Å². The number of rotatable bonds is 5. The minimum atomic E-state index is 0.520. The molecule has 1 aliphatic carbocycles. The van der Waals surface area contributed by atoms with Crippen LogP contribution in [0.2, 0.25) is 0 Å². The molecule has 0 unspecified atom stereocenters. The van der Waals surface area contributed by atoms with E-state index in [1.165, 1.54) is 32.1 Å². The monoisotopic (exact) mass is 352 g/mol. The molecule has 2 heterocycles. The molecule has 1 N–H and O–H groups in total. The molecule has 1 fully saturated rings. The number of nitrogens with zero attached hydrogens (tertiary/aromatic N) is 3. The highest BCUT2D eigenvalue weighted by molar-refractivity contribution is 5.79. The average molecular weight is 352 g/mol. The van der Waals surface area contributed by atoms with Crippen molar-refractivity contribution in [3.05, 3.63) is 36.7 Å². The highest BCUT2D eigenvalue weighted by Gasteiger charge is 2.15. The summed E-state index contributed by atoms with van der Waals surface area (Å²) in [6.45, 7) is 0. The van der Waals surface area contributed by atoms with Gasteiger partial charge in [-0.1, -0.05) is 25.3 Å². The third-order valence-corrected chi connectivity index (χ3v) is 5.02. The molecule has 0 spiro atoms. The highest BCUT2D eigenvalue weighted by atomic mass is 16.5. The van der Waals surface area contributed by atoms with Crippen LogP contribution >= 0.6 is 0 Å². The van der Waals surface area contributed by atoms with Crippen molar-refractivity contribution in [1.82, 2.24) is 14.6 Å². The van der Waals surface area contributed by atoms with Crippen molar-refractivity contribution in [2.75, 3.05) is 19.5 Å². The van der Waals surface area contributed by atoms with Crippen molar-refractivity contribution in [3.63, 3.8) is 0 Å². The molecular weight excluding hydrogens is 328 g/mol. The SMILES string of the molecule is COc1ccc(-c2cnn3ccc(NC4CCCCC4)nc23)cc1OC. The van der Waals surface area contributed by atoms with E-state index in [-0.39, 0.29) is 0 Å². The Balaban J connectivity index is 1.68. The third-order valence-electron chi connectivity index (χ3n) is 5.02. The lowest BCUT2D eigenvalue weighted by Gasteiger charge is -2.23. The van der Waals surface area contributed by atoms with E-state index in [1.807, 2.05) is 36.7 Å². The molecule has 1 aliphatic rings. The number of hydrogen-bond acceptors (Lipinski definition) is 5. The highest BCUT2D eigenvalue weighted by Crippen LogP contribution is 2.33. The molecule has 0 aliphatic heterocycles. The van der Waals surface area contributed by atoms with Crippen LogP contribution in [-0.4, -0.2) is 34.9 Å². The molecule has 136 valence electrons. The molecule has 0 amide bonds. The summed E-state index contributed by atoms with van der Waals surface area (Å²) in [5.41, 5.74) is 2.80. The van der Waals surface area contributed by atoms with Gasteiger partial charge in [0.2, 0.25) is 0 Å². The van der Waals surface area contributed by atoms with Crippen LogP contribution < -0.4 is 14.8 Å². The lowest BCUT2D eigenvalue weighted by molar-refractivity contribution is 0.355. The summed E-state index contributed by atoms with van der Waals surface area (Å²) in [5.74, 6) is 2.31. The number of hydrogen-bond donors (Lipinski definition) is 1. The zero-order valence-corrected chi connectivity index (χ0v) is 15.2. The predicted molar refractivity (Wildman–Crippen MR) is 102 cm³/mol. The lowest BCUT2D eigenvalue weighted by Crippen LogP contribution is -2.22. The average Bonchev–Trinajstić information content (AvgIpc) is 3.11. The Morgan fingerprint density at radius 3 is 2.62 bits per heavy atom. The normalized spacial score (nSPS) is 15.2. The Hall–Kier alpha value is -2.76. The fraction of sp³-hybridized carbons (Fsp3) is 0.400. The largest absolute Gasteiger partial charge is 0.493 e. The maximum atomic E-state index is 5.43. The van der Waals surface area contributed by atoms with Gasteiger partial charge in [0.1, 0.15) is 5.82 Å². The first-order valence-corrected chi connectivity index (χ1v) is 9.12. The standard InChI is InChI=1S/C20H24N4O2/c1-25-17-9-8-14(12-18(17)26-2)16-13-21-24-11-10-19(23-20(16)24)22-15-6-4-3-5-7-15/h8-13,15H,3-7H2,1-2H3,(H,22,23). The van der Waals surface area contributed by atoms with E-state index in [1.54, 1.807) is 18.7 Å². The minimum absolute atomic E-state index is 0.520. The van der Waals surface area contributed by atoms with Crippen LogP contribution in [0.4, 0.5) is 5.82 Å². The van der Waals surface area contributed by atoms with Crippen LogP contribution in [0.3, 0.4) is 0 Å². The van der Waals surface area contributed by atoms with Gasteiger partial charge in [0.05, 0.1) is 20.4 Å². The van der Waals surface area contributed by atoms with Gasteiger partial charge >= 0.3 is 0 Å². The first kappa shape index (κ1) is 16.7. The number of aromatic nitrogens is 3. The molecule has 3 aromatic rings. The topological polar surface area (TPSA) is 60.7 Å². The van der Waals surface area contributed by atoms with Crippen LogP contribution in [0, 0.1) is 0 Å². The Kier molecular flexibility index (Phi) is 4.65. The second kappa shape index (κ2) is 7.23. The molecule has 1 saturated carbocycles. The third kappa shape index (κ3) is 3.19. The number of nitrogens with one attached hydrogen (secondary N) is 1. The van der Waals surface area contributed by atoms with Gasteiger partial charge in [0.15, 0.2) is 17.1 Å². The van der Waals surface area contributed by atoms with E-state index in [0.717, 1.165) is 22.6 Å². The summed E-state index contributed by atoms with van der Waals surface area (Å²) in [6.07, 6.45) is 10.2. The molecule has 0 radical (unpaired) electrons. The smallest absolute Gasteiger partial charge is 0.165 e. The molecule has 4 rings (SSSR count). The van der Waals surface area contributed by atoms with Crippen molar-refractivity contribution >= 4 is 11.5 Å². The lowest BCUT2D eigenvalue weighted by atomic mass is 9.95. The van der Waals surface area contributed by atoms with Crippen molar-refractivity contribution in [2.24, 2.45) is 0 Å². The molecule has 26 heavy (non-hydrogen) atoms. The van der Waals surface area contributed by atoms with E-state index < -0.39 is 0 Å². The van der Waals surface area contributed by atoms with Crippen LogP contribution in [-0.2, 0) is 0 Å². The molecular formula is C20H24N4O2. The number of ether oxygens (including phenoxy) is 2. The van der Waals surface area contributed by atoms with Gasteiger partial charge in [-0.2, -0.15) is 5.10 Å². The predicted octanol–water partition coefficient (Wildman–Crippen LogP) is 4.16. The summed E-state index contributed by atoms with van der Waals surface area (Å²) in [5, 5.41) is 8.02. The Morgan fingerprint density at radius 1 is 1.04 bits per heavy atom. The molecule has 0 atom stereocenters. The first-order valence-electron chi connectivity index (χ1n) is 9.12. The summed E-state index contributed by atoms with van der Waals surface area (Å²) in [4.78, 5) is 4.82. The Bertz CT molecular complexity index is 900. The summed E-state index contributed by atoms with van der Waals surface area (Å²) < 4.78 is 12.6. The van der Waals surface area contributed by atoms with E-state index in [4.69, 9.17) is 14.5 Å². The first-order chi connectivity index (χ1) is 12.8. The summed E-state index contributed by atoms with van der Waals surface area (Å²) in [6, 6.07) is 8.38. The fourth-order valence-electron chi connectivity index (χ4n) is 3.61. The number of methoxy groups -OCH3 is 2.